The van der Waals surface area contributed by atoms with Crippen LogP contribution in [0.1, 0.15) is 18.9 Å². The van der Waals surface area contributed by atoms with Crippen LogP contribution in [0.25, 0.3) is 0 Å². The normalized spacial score (nSPS) is 21.2. The van der Waals surface area contributed by atoms with Gasteiger partial charge < -0.3 is 4.74 Å². The number of carbonyl (C=O) groups is 1. The van der Waals surface area contributed by atoms with Crippen LogP contribution in [-0.2, 0) is 16.0 Å². The third-order valence-corrected chi connectivity index (χ3v) is 4.95. The van der Waals surface area contributed by atoms with E-state index in [1.54, 1.807) is 17.8 Å². The highest BCUT2D eigenvalue weighted by molar-refractivity contribution is 8.03. The first kappa shape index (κ1) is 13.8. The second kappa shape index (κ2) is 5.66. The van der Waals surface area contributed by atoms with Crippen LogP contribution in [0, 0.1) is 0 Å². The maximum atomic E-state index is 12.3. The Bertz CT molecular complexity index is 619. The zero-order chi connectivity index (χ0) is 14.1. The van der Waals surface area contributed by atoms with Gasteiger partial charge in [-0.2, -0.15) is 0 Å². The number of halogens is 1. The van der Waals surface area contributed by atoms with E-state index >= 15 is 0 Å². The fourth-order valence-electron chi connectivity index (χ4n) is 2.37. The van der Waals surface area contributed by atoms with E-state index < -0.39 is 5.38 Å². The van der Waals surface area contributed by atoms with Crippen molar-refractivity contribution in [3.05, 3.63) is 52.1 Å². The van der Waals surface area contributed by atoms with Crippen molar-refractivity contribution in [3.63, 3.8) is 0 Å². The first-order valence-electron chi connectivity index (χ1n) is 6.73. The van der Waals surface area contributed by atoms with Crippen molar-refractivity contribution in [1.29, 1.82) is 0 Å². The number of ketones is 1. The Kier molecular flexibility index (Phi) is 3.90. The highest BCUT2D eigenvalue weighted by Crippen LogP contribution is 2.45. The number of hydrogen-bond acceptors (Lipinski definition) is 3. The molecule has 0 fully saturated rings. The molecule has 0 saturated carbocycles. The SMILES string of the molecule is CCCOC1=CC(Cl)C(=O)C2=C1Sc1ccccc1C2. The lowest BCUT2D eigenvalue weighted by Gasteiger charge is -2.27. The van der Waals surface area contributed by atoms with E-state index in [1.165, 1.54) is 10.5 Å². The molecule has 0 aromatic heterocycles. The minimum atomic E-state index is -0.605. The summed E-state index contributed by atoms with van der Waals surface area (Å²) in [5, 5.41) is -0.605. The number of allylic oxidation sites excluding steroid dienone is 2. The Balaban J connectivity index is 1.98. The van der Waals surface area contributed by atoms with Gasteiger partial charge in [-0.3, -0.25) is 4.79 Å². The van der Waals surface area contributed by atoms with E-state index in [4.69, 9.17) is 16.3 Å². The molecule has 1 unspecified atom stereocenters. The predicted octanol–water partition coefficient (Wildman–Crippen LogP) is 4.09. The van der Waals surface area contributed by atoms with Gasteiger partial charge in [0, 0.05) is 16.9 Å². The quantitative estimate of drug-likeness (QED) is 0.787. The Morgan fingerprint density at radius 1 is 1.40 bits per heavy atom. The van der Waals surface area contributed by atoms with Crippen molar-refractivity contribution in [2.75, 3.05) is 6.61 Å². The van der Waals surface area contributed by atoms with Gasteiger partial charge in [-0.15, -0.1) is 11.6 Å². The van der Waals surface area contributed by atoms with Gasteiger partial charge in [0.25, 0.3) is 0 Å². The second-order valence-corrected chi connectivity index (χ2v) is 6.36. The molecule has 20 heavy (non-hydrogen) atoms. The van der Waals surface area contributed by atoms with Gasteiger partial charge in [0.15, 0.2) is 5.78 Å². The average Bonchev–Trinajstić information content (AvgIpc) is 2.48. The van der Waals surface area contributed by atoms with Crippen molar-refractivity contribution in [2.45, 2.75) is 30.0 Å². The van der Waals surface area contributed by atoms with Crippen molar-refractivity contribution in [3.8, 4) is 0 Å². The molecule has 2 aliphatic rings. The number of carbonyl (C=O) groups excluding carboxylic acids is 1. The summed E-state index contributed by atoms with van der Waals surface area (Å²) < 4.78 is 5.78. The minimum Gasteiger partial charge on any atom is -0.493 e. The number of fused-ring (bicyclic) bond motifs is 1. The molecule has 0 bridgehead atoms. The van der Waals surface area contributed by atoms with Gasteiger partial charge in [-0.25, -0.2) is 0 Å². The summed E-state index contributed by atoms with van der Waals surface area (Å²) in [5.41, 5.74) is 1.98. The summed E-state index contributed by atoms with van der Waals surface area (Å²) in [5.74, 6) is 0.772. The molecule has 4 heteroatoms. The summed E-state index contributed by atoms with van der Waals surface area (Å²) in [7, 11) is 0. The minimum absolute atomic E-state index is 0.00696. The van der Waals surface area contributed by atoms with Crippen LogP contribution in [0.4, 0.5) is 0 Å². The summed E-state index contributed by atoms with van der Waals surface area (Å²) in [6.07, 6.45) is 3.31. The molecule has 1 aromatic rings. The van der Waals surface area contributed by atoms with Crippen LogP contribution in [0.3, 0.4) is 0 Å². The average molecular weight is 307 g/mol. The van der Waals surface area contributed by atoms with E-state index in [0.29, 0.717) is 13.0 Å². The Morgan fingerprint density at radius 3 is 3.00 bits per heavy atom. The standard InChI is InChI=1S/C16H15ClO2S/c1-2-7-19-13-9-12(17)15(18)11-8-10-5-3-4-6-14(10)20-16(11)13/h3-6,9,12H,2,7-8H2,1H3. The zero-order valence-electron chi connectivity index (χ0n) is 11.2. The van der Waals surface area contributed by atoms with Crippen LogP contribution in [0.2, 0.25) is 0 Å². The molecule has 1 atom stereocenters. The number of Topliss-reactive ketones (excluding diaryl/α,β-unsaturated/α-hetero) is 1. The molecule has 0 N–H and O–H groups in total. The fourth-order valence-corrected chi connectivity index (χ4v) is 3.77. The lowest BCUT2D eigenvalue weighted by molar-refractivity contribution is -0.114. The molecule has 3 rings (SSSR count). The van der Waals surface area contributed by atoms with Crippen molar-refractivity contribution in [2.24, 2.45) is 0 Å². The first-order valence-corrected chi connectivity index (χ1v) is 7.98. The lowest BCUT2D eigenvalue weighted by atomic mass is 9.94. The lowest BCUT2D eigenvalue weighted by Crippen LogP contribution is -2.25. The van der Waals surface area contributed by atoms with Gasteiger partial charge >= 0.3 is 0 Å². The molecule has 0 saturated heterocycles. The van der Waals surface area contributed by atoms with E-state index in [1.807, 2.05) is 12.1 Å². The molecule has 0 amide bonds. The first-order chi connectivity index (χ1) is 9.70. The van der Waals surface area contributed by atoms with E-state index in [9.17, 15) is 4.79 Å². The van der Waals surface area contributed by atoms with Crippen LogP contribution < -0.4 is 0 Å². The van der Waals surface area contributed by atoms with Crippen LogP contribution in [0.5, 0.6) is 0 Å². The van der Waals surface area contributed by atoms with E-state index in [0.717, 1.165) is 22.7 Å². The third-order valence-electron chi connectivity index (χ3n) is 3.36. The van der Waals surface area contributed by atoms with Gasteiger partial charge in [0.2, 0.25) is 0 Å². The van der Waals surface area contributed by atoms with Crippen molar-refractivity contribution < 1.29 is 9.53 Å². The Morgan fingerprint density at radius 2 is 2.20 bits per heavy atom. The van der Waals surface area contributed by atoms with Gasteiger partial charge in [-0.05, 0) is 24.1 Å². The van der Waals surface area contributed by atoms with E-state index in [2.05, 4.69) is 19.1 Å². The summed E-state index contributed by atoms with van der Waals surface area (Å²) in [6.45, 7) is 2.70. The zero-order valence-corrected chi connectivity index (χ0v) is 12.8. The van der Waals surface area contributed by atoms with Crippen LogP contribution >= 0.6 is 23.4 Å². The highest BCUT2D eigenvalue weighted by atomic mass is 35.5. The largest absolute Gasteiger partial charge is 0.493 e. The number of rotatable bonds is 3. The number of alkyl halides is 1. The predicted molar refractivity (Wildman–Crippen MR) is 82.0 cm³/mol. The molecule has 1 aromatic carbocycles. The molecule has 0 spiro atoms. The van der Waals surface area contributed by atoms with Gasteiger partial charge in [-0.1, -0.05) is 36.9 Å². The van der Waals surface area contributed by atoms with Gasteiger partial charge in [0.1, 0.15) is 11.1 Å². The molecule has 104 valence electrons. The third kappa shape index (κ3) is 2.40. The van der Waals surface area contributed by atoms with Crippen LogP contribution in [0.15, 0.2) is 51.5 Å². The highest BCUT2D eigenvalue weighted by Gasteiger charge is 2.33. The smallest absolute Gasteiger partial charge is 0.182 e. The molecule has 1 heterocycles. The summed E-state index contributed by atoms with van der Waals surface area (Å²) >= 11 is 7.75. The molecule has 1 aliphatic carbocycles. The Labute approximate surface area is 127 Å². The van der Waals surface area contributed by atoms with Gasteiger partial charge in [0.05, 0.1) is 11.5 Å². The molecule has 0 radical (unpaired) electrons. The number of thioether (sulfide) groups is 1. The summed E-state index contributed by atoms with van der Waals surface area (Å²) in [6, 6.07) is 8.16. The van der Waals surface area contributed by atoms with Crippen molar-refractivity contribution >= 4 is 29.1 Å². The number of ether oxygens (including phenoxy) is 1. The maximum Gasteiger partial charge on any atom is 0.182 e. The maximum absolute atomic E-state index is 12.3. The van der Waals surface area contributed by atoms with Crippen molar-refractivity contribution in [1.82, 2.24) is 0 Å². The molecular weight excluding hydrogens is 292 g/mol. The second-order valence-electron chi connectivity index (χ2n) is 4.84. The van der Waals surface area contributed by atoms with Crippen LogP contribution in [-0.4, -0.2) is 17.8 Å². The molecule has 2 nitrogen and oxygen atoms in total. The summed E-state index contributed by atoms with van der Waals surface area (Å²) in [4.78, 5) is 14.4. The monoisotopic (exact) mass is 306 g/mol. The Hall–Kier alpha value is -1.19. The number of benzene rings is 1. The fraction of sp³-hybridized carbons (Fsp3) is 0.312. The topological polar surface area (TPSA) is 26.3 Å². The molecular formula is C16H15ClO2S. The number of hydrogen-bond donors (Lipinski definition) is 0. The van der Waals surface area contributed by atoms with E-state index in [-0.39, 0.29) is 5.78 Å². The molecule has 1 aliphatic heterocycles.